The average molecular weight is 470 g/mol. The minimum atomic E-state index is -3.50. The average Bonchev–Trinajstić information content (AvgIpc) is 3.41. The number of sulfone groups is 1. The Morgan fingerprint density at radius 1 is 1.12 bits per heavy atom. The highest BCUT2D eigenvalue weighted by atomic mass is 32.2. The maximum atomic E-state index is 12.9. The molecule has 0 atom stereocenters. The van der Waals surface area contributed by atoms with E-state index in [4.69, 9.17) is 9.15 Å². The van der Waals surface area contributed by atoms with Crippen molar-refractivity contribution in [1.29, 1.82) is 0 Å². The quantitative estimate of drug-likeness (QED) is 0.380. The van der Waals surface area contributed by atoms with Crippen LogP contribution in [0.15, 0.2) is 63.5 Å². The molecule has 0 unspecified atom stereocenters. The van der Waals surface area contributed by atoms with Crippen LogP contribution in [0.4, 0.5) is 11.7 Å². The minimum absolute atomic E-state index is 0.00168. The van der Waals surface area contributed by atoms with Gasteiger partial charge in [-0.25, -0.2) is 18.4 Å². The first kappa shape index (κ1) is 22.0. The van der Waals surface area contributed by atoms with Gasteiger partial charge in [0.2, 0.25) is 0 Å². The lowest BCUT2D eigenvalue weighted by molar-refractivity contribution is 0.416. The highest BCUT2D eigenvalue weighted by Crippen LogP contribution is 2.32. The Morgan fingerprint density at radius 3 is 2.69 bits per heavy atom. The smallest absolute Gasteiger partial charge is 0.299 e. The van der Waals surface area contributed by atoms with Crippen LogP contribution in [0, 0.1) is 13.8 Å². The monoisotopic (exact) mass is 469 g/mol. The van der Waals surface area contributed by atoms with Crippen molar-refractivity contribution < 1.29 is 17.6 Å². The largest absolute Gasteiger partial charge is 0.495 e. The van der Waals surface area contributed by atoms with Crippen LogP contribution in [-0.2, 0) is 16.3 Å². The molecule has 2 aromatic heterocycles. The summed E-state index contributed by atoms with van der Waals surface area (Å²) in [6.07, 6.45) is 2.05. The first-order valence-corrected chi connectivity index (χ1v) is 12.5. The van der Waals surface area contributed by atoms with Crippen molar-refractivity contribution in [3.63, 3.8) is 0 Å². The molecule has 0 radical (unpaired) electrons. The molecule has 0 fully saturated rings. The fraction of sp³-hybridized carbons (Fsp3) is 0.217. The summed E-state index contributed by atoms with van der Waals surface area (Å²) in [5, 5.41) is 3.04. The van der Waals surface area contributed by atoms with Crippen LogP contribution in [0.5, 0.6) is 5.75 Å². The van der Waals surface area contributed by atoms with E-state index in [0.29, 0.717) is 23.6 Å². The van der Waals surface area contributed by atoms with Gasteiger partial charge >= 0.3 is 0 Å². The maximum absolute atomic E-state index is 12.9. The van der Waals surface area contributed by atoms with Gasteiger partial charge in [0.25, 0.3) is 6.01 Å². The number of hydrogen-bond donors (Lipinski definition) is 1. The minimum Gasteiger partial charge on any atom is -0.495 e. The molecule has 0 spiro atoms. The fourth-order valence-corrected chi connectivity index (χ4v) is 5.46. The van der Waals surface area contributed by atoms with E-state index in [1.54, 1.807) is 29.9 Å². The van der Waals surface area contributed by atoms with E-state index in [2.05, 4.69) is 15.3 Å². The van der Waals surface area contributed by atoms with Gasteiger partial charge in [-0.1, -0.05) is 23.8 Å². The standard InChI is InChI=1S/C23H23N3O4S2/c1-15-5-4-6-17(11-15)21-13-24-23(30-21)26-19-12-18(7-8-20(19)29-3)32(27,28)10-9-22-16(2)25-14-31-22/h4-8,11-14H,9-10H2,1-3H3,(H,24,26). The van der Waals surface area contributed by atoms with E-state index in [0.717, 1.165) is 21.7 Å². The van der Waals surface area contributed by atoms with Crippen LogP contribution < -0.4 is 10.1 Å². The summed E-state index contributed by atoms with van der Waals surface area (Å²) in [7, 11) is -1.98. The summed E-state index contributed by atoms with van der Waals surface area (Å²) in [5.41, 5.74) is 5.08. The number of aryl methyl sites for hydroxylation is 3. The molecular formula is C23H23N3O4S2. The van der Waals surface area contributed by atoms with Crippen molar-refractivity contribution in [2.75, 3.05) is 18.2 Å². The third-order valence-corrected chi connectivity index (χ3v) is 7.73. The van der Waals surface area contributed by atoms with Gasteiger partial charge in [-0.2, -0.15) is 0 Å². The highest BCUT2D eigenvalue weighted by Gasteiger charge is 2.19. The molecule has 4 aromatic rings. The van der Waals surface area contributed by atoms with Crippen molar-refractivity contribution in [3.05, 3.63) is 70.3 Å². The molecule has 0 saturated heterocycles. The van der Waals surface area contributed by atoms with E-state index < -0.39 is 9.84 Å². The lowest BCUT2D eigenvalue weighted by atomic mass is 10.1. The lowest BCUT2D eigenvalue weighted by Crippen LogP contribution is -2.10. The Kier molecular flexibility index (Phi) is 6.29. The predicted octanol–water partition coefficient (Wildman–Crippen LogP) is 5.18. The number of aromatic nitrogens is 2. The topological polar surface area (TPSA) is 94.3 Å². The molecule has 2 aromatic carbocycles. The zero-order valence-electron chi connectivity index (χ0n) is 18.0. The lowest BCUT2D eigenvalue weighted by Gasteiger charge is -2.11. The molecule has 0 aliphatic rings. The van der Waals surface area contributed by atoms with Gasteiger partial charge < -0.3 is 14.5 Å². The van der Waals surface area contributed by atoms with E-state index in [1.807, 2.05) is 38.1 Å². The number of thiazole rings is 1. The molecular weight excluding hydrogens is 446 g/mol. The SMILES string of the molecule is COc1ccc(S(=O)(=O)CCc2scnc2C)cc1Nc1ncc(-c2cccc(C)c2)o1. The number of rotatable bonds is 8. The van der Waals surface area contributed by atoms with Crippen molar-refractivity contribution in [2.45, 2.75) is 25.2 Å². The Balaban J connectivity index is 1.56. The van der Waals surface area contributed by atoms with Crippen LogP contribution in [-0.4, -0.2) is 31.2 Å². The maximum Gasteiger partial charge on any atom is 0.299 e. The molecule has 0 aliphatic carbocycles. The molecule has 2 heterocycles. The van der Waals surface area contributed by atoms with Gasteiger partial charge in [-0.3, -0.25) is 0 Å². The molecule has 9 heteroatoms. The molecule has 0 bridgehead atoms. The second-order valence-electron chi connectivity index (χ2n) is 7.32. The summed E-state index contributed by atoms with van der Waals surface area (Å²) >= 11 is 1.47. The summed E-state index contributed by atoms with van der Waals surface area (Å²) in [5.74, 6) is 1.09. The molecule has 1 N–H and O–H groups in total. The van der Waals surface area contributed by atoms with Gasteiger partial charge in [-0.15, -0.1) is 11.3 Å². The normalized spacial score (nSPS) is 11.5. The van der Waals surface area contributed by atoms with Crippen LogP contribution in [0.25, 0.3) is 11.3 Å². The van der Waals surface area contributed by atoms with Crippen molar-refractivity contribution in [1.82, 2.24) is 9.97 Å². The molecule has 4 rings (SSSR count). The number of nitrogens with zero attached hydrogens (tertiary/aromatic N) is 2. The molecule has 32 heavy (non-hydrogen) atoms. The number of ether oxygens (including phenoxy) is 1. The first-order valence-electron chi connectivity index (χ1n) is 9.95. The van der Waals surface area contributed by atoms with Crippen molar-refractivity contribution in [3.8, 4) is 17.1 Å². The zero-order chi connectivity index (χ0) is 22.7. The number of anilines is 2. The second-order valence-corrected chi connectivity index (χ2v) is 10.4. The first-order chi connectivity index (χ1) is 15.4. The number of methoxy groups -OCH3 is 1. The summed E-state index contributed by atoms with van der Waals surface area (Å²) in [6.45, 7) is 3.89. The molecule has 166 valence electrons. The van der Waals surface area contributed by atoms with E-state index >= 15 is 0 Å². The van der Waals surface area contributed by atoms with Gasteiger partial charge in [0.1, 0.15) is 5.75 Å². The number of benzene rings is 2. The third kappa shape index (κ3) is 4.84. The second kappa shape index (κ2) is 9.13. The van der Waals surface area contributed by atoms with Gasteiger partial charge in [-0.05, 0) is 44.5 Å². The highest BCUT2D eigenvalue weighted by molar-refractivity contribution is 7.91. The molecule has 0 aliphatic heterocycles. The summed E-state index contributed by atoms with van der Waals surface area (Å²) in [4.78, 5) is 9.64. The van der Waals surface area contributed by atoms with Crippen LogP contribution >= 0.6 is 11.3 Å². The third-order valence-electron chi connectivity index (χ3n) is 5.02. The van der Waals surface area contributed by atoms with Gasteiger partial charge in [0, 0.05) is 10.4 Å². The van der Waals surface area contributed by atoms with E-state index in [-0.39, 0.29) is 16.7 Å². The Hall–Kier alpha value is -3.17. The molecule has 7 nitrogen and oxygen atoms in total. The number of nitrogens with one attached hydrogen (secondary N) is 1. The van der Waals surface area contributed by atoms with Crippen molar-refractivity contribution in [2.24, 2.45) is 0 Å². The zero-order valence-corrected chi connectivity index (χ0v) is 19.6. The summed E-state index contributed by atoms with van der Waals surface area (Å²) < 4.78 is 37.1. The van der Waals surface area contributed by atoms with Crippen LogP contribution in [0.2, 0.25) is 0 Å². The molecule has 0 saturated carbocycles. The Labute approximate surface area is 191 Å². The number of hydrogen-bond acceptors (Lipinski definition) is 8. The number of oxazole rings is 1. The predicted molar refractivity (Wildman–Crippen MR) is 126 cm³/mol. The van der Waals surface area contributed by atoms with Gasteiger partial charge in [0.05, 0.1) is 40.8 Å². The Morgan fingerprint density at radius 2 is 1.97 bits per heavy atom. The molecule has 0 amide bonds. The Bertz CT molecular complexity index is 1340. The summed E-state index contributed by atoms with van der Waals surface area (Å²) in [6, 6.07) is 12.9. The van der Waals surface area contributed by atoms with E-state index in [9.17, 15) is 8.42 Å². The van der Waals surface area contributed by atoms with Gasteiger partial charge in [0.15, 0.2) is 15.6 Å². The van der Waals surface area contributed by atoms with E-state index in [1.165, 1.54) is 18.4 Å². The van der Waals surface area contributed by atoms with Crippen LogP contribution in [0.1, 0.15) is 16.1 Å². The van der Waals surface area contributed by atoms with Crippen molar-refractivity contribution >= 4 is 32.9 Å². The van der Waals surface area contributed by atoms with Crippen LogP contribution in [0.3, 0.4) is 0 Å². The fourth-order valence-electron chi connectivity index (χ4n) is 3.27.